The fourth-order valence-electron chi connectivity index (χ4n) is 6.94. The van der Waals surface area contributed by atoms with Crippen LogP contribution in [0, 0.1) is 17.8 Å². The maximum Gasteiger partial charge on any atom is 0.308 e. The summed E-state index contributed by atoms with van der Waals surface area (Å²) in [6.45, 7) is 5.75. The molecule has 204 valence electrons. The molecule has 2 bridgehead atoms. The second-order valence-corrected chi connectivity index (χ2v) is 11.8. The Labute approximate surface area is 227 Å². The van der Waals surface area contributed by atoms with Gasteiger partial charge in [0.05, 0.1) is 22.6 Å². The number of rotatable bonds is 11. The molecule has 38 heavy (non-hydrogen) atoms. The fourth-order valence-corrected chi connectivity index (χ4v) is 6.94. The molecular weight excluding hydrogens is 474 g/mol. The number of benzene rings is 2. The van der Waals surface area contributed by atoms with Gasteiger partial charge in [0.25, 0.3) is 0 Å². The molecule has 3 saturated carbocycles. The number of imidazole rings is 1. The van der Waals surface area contributed by atoms with Crippen molar-refractivity contribution < 1.29 is 14.3 Å². The average molecular weight is 518 g/mol. The van der Waals surface area contributed by atoms with Gasteiger partial charge in [-0.2, -0.15) is 0 Å². The number of carbonyl (C=O) groups excluding carboxylic acids is 1. The number of esters is 1. The lowest BCUT2D eigenvalue weighted by Gasteiger charge is -2.59. The van der Waals surface area contributed by atoms with Crippen LogP contribution in [0.25, 0.3) is 11.0 Å². The molecule has 0 amide bonds. The van der Waals surface area contributed by atoms with Crippen LogP contribution < -0.4 is 0 Å². The molecular formula is C32H43N3O3. The molecule has 1 N–H and O–H groups in total. The van der Waals surface area contributed by atoms with Gasteiger partial charge in [0.1, 0.15) is 11.4 Å². The number of methoxy groups -OCH3 is 1. The summed E-state index contributed by atoms with van der Waals surface area (Å²) in [6, 6.07) is 18.8. The topological polar surface area (TPSA) is 67.4 Å². The highest BCUT2D eigenvalue weighted by Crippen LogP contribution is 2.60. The zero-order valence-corrected chi connectivity index (χ0v) is 23.4. The fraction of sp³-hybridized carbons (Fsp3) is 0.562. The third kappa shape index (κ3) is 5.26. The lowest BCUT2D eigenvalue weighted by atomic mass is 9.53. The molecule has 6 nitrogen and oxygen atoms in total. The standard InChI is InChI=1S/C32H43N3O3/c1-23(2)30(36)38-31(18-20-35(3)19-10-15-29-33-27-13-8-9-14-28(27)34-29)21-26-17-16-25(31)22-32(26,37-4)24-11-6-5-7-12-24/h5-9,11-14,23,25-26H,10,15-22H2,1-4H3,(H,33,34)/t25-,26-,31-,32-/m1/s1. The molecule has 3 aliphatic carbocycles. The van der Waals surface area contributed by atoms with Crippen molar-refractivity contribution in [3.63, 3.8) is 0 Å². The lowest BCUT2D eigenvalue weighted by molar-refractivity contribution is -0.226. The van der Waals surface area contributed by atoms with E-state index < -0.39 is 5.60 Å². The number of hydrogen-bond acceptors (Lipinski definition) is 5. The SMILES string of the molecule is CO[C@@]1(c2ccccc2)C[C@H]2CC[C@@H]1C[C@@]2(CCN(C)CCCc1nc2ccccc2[nH]1)OC(=O)C(C)C. The molecule has 6 heteroatoms. The van der Waals surface area contributed by atoms with E-state index in [1.165, 1.54) is 5.56 Å². The molecule has 3 fully saturated rings. The number of nitrogens with zero attached hydrogens (tertiary/aromatic N) is 2. The van der Waals surface area contributed by atoms with Gasteiger partial charge in [0.15, 0.2) is 0 Å². The predicted molar refractivity (Wildman–Crippen MR) is 151 cm³/mol. The van der Waals surface area contributed by atoms with Crippen LogP contribution in [0.2, 0.25) is 0 Å². The molecule has 3 aromatic rings. The van der Waals surface area contributed by atoms with Crippen molar-refractivity contribution in [1.82, 2.24) is 14.9 Å². The zero-order chi connectivity index (χ0) is 26.8. The Morgan fingerprint density at radius 3 is 2.47 bits per heavy atom. The van der Waals surface area contributed by atoms with Crippen molar-refractivity contribution in [2.24, 2.45) is 17.8 Å². The summed E-state index contributed by atoms with van der Waals surface area (Å²) in [6.07, 6.45) is 6.78. The van der Waals surface area contributed by atoms with E-state index in [9.17, 15) is 4.79 Å². The molecule has 1 aromatic heterocycles. The van der Waals surface area contributed by atoms with Crippen LogP contribution in [0.5, 0.6) is 0 Å². The van der Waals surface area contributed by atoms with E-state index in [1.807, 2.05) is 39.2 Å². The summed E-state index contributed by atoms with van der Waals surface area (Å²) < 4.78 is 12.8. The smallest absolute Gasteiger partial charge is 0.308 e. The number of nitrogens with one attached hydrogen (secondary N) is 1. The average Bonchev–Trinajstić information content (AvgIpc) is 3.35. The number of ether oxygens (including phenoxy) is 2. The van der Waals surface area contributed by atoms with E-state index >= 15 is 0 Å². The second kappa shape index (κ2) is 11.2. The zero-order valence-electron chi connectivity index (χ0n) is 23.4. The normalized spacial score (nSPS) is 26.9. The van der Waals surface area contributed by atoms with Crippen LogP contribution in [-0.2, 0) is 26.3 Å². The van der Waals surface area contributed by atoms with Crippen molar-refractivity contribution in [2.75, 3.05) is 27.2 Å². The third-order valence-electron chi connectivity index (χ3n) is 9.12. The first kappa shape index (κ1) is 26.9. The monoisotopic (exact) mass is 517 g/mol. The summed E-state index contributed by atoms with van der Waals surface area (Å²) in [5.74, 6) is 1.46. The second-order valence-electron chi connectivity index (χ2n) is 11.8. The van der Waals surface area contributed by atoms with Crippen LogP contribution in [0.1, 0.15) is 63.8 Å². The summed E-state index contributed by atoms with van der Waals surface area (Å²) >= 11 is 0. The van der Waals surface area contributed by atoms with Gasteiger partial charge in [-0.1, -0.05) is 56.3 Å². The van der Waals surface area contributed by atoms with E-state index in [0.717, 1.165) is 74.9 Å². The first-order valence-corrected chi connectivity index (χ1v) is 14.3. The first-order chi connectivity index (χ1) is 18.3. The van der Waals surface area contributed by atoms with Gasteiger partial charge in [-0.3, -0.25) is 4.79 Å². The number of aryl methyl sites for hydroxylation is 1. The van der Waals surface area contributed by atoms with Gasteiger partial charge >= 0.3 is 5.97 Å². The lowest BCUT2D eigenvalue weighted by Crippen LogP contribution is -2.60. The number of para-hydroxylation sites is 2. The van der Waals surface area contributed by atoms with Crippen LogP contribution in [0.4, 0.5) is 0 Å². The quantitative estimate of drug-likeness (QED) is 0.311. The minimum absolute atomic E-state index is 0.0761. The molecule has 0 saturated heterocycles. The van der Waals surface area contributed by atoms with E-state index in [-0.39, 0.29) is 17.5 Å². The first-order valence-electron chi connectivity index (χ1n) is 14.3. The Morgan fingerprint density at radius 2 is 1.79 bits per heavy atom. The van der Waals surface area contributed by atoms with Crippen LogP contribution in [0.15, 0.2) is 54.6 Å². The third-order valence-corrected chi connectivity index (χ3v) is 9.12. The summed E-state index contributed by atoms with van der Waals surface area (Å²) in [5, 5.41) is 0. The Balaban J connectivity index is 1.25. The number of carbonyl (C=O) groups is 1. The summed E-state index contributed by atoms with van der Waals surface area (Å²) in [4.78, 5) is 23.5. The van der Waals surface area contributed by atoms with Crippen LogP contribution in [0.3, 0.4) is 0 Å². The van der Waals surface area contributed by atoms with Crippen molar-refractivity contribution in [2.45, 2.75) is 70.0 Å². The Bertz CT molecular complexity index is 1190. The Morgan fingerprint density at radius 1 is 1.05 bits per heavy atom. The minimum Gasteiger partial charge on any atom is -0.459 e. The molecule has 0 aliphatic heterocycles. The summed E-state index contributed by atoms with van der Waals surface area (Å²) in [5.41, 5.74) is 2.66. The molecule has 0 spiro atoms. The van der Waals surface area contributed by atoms with Crippen molar-refractivity contribution in [1.29, 1.82) is 0 Å². The molecule has 4 atom stereocenters. The van der Waals surface area contributed by atoms with Crippen LogP contribution >= 0.6 is 0 Å². The van der Waals surface area contributed by atoms with E-state index in [0.29, 0.717) is 11.8 Å². The van der Waals surface area contributed by atoms with Crippen LogP contribution in [-0.4, -0.2) is 53.7 Å². The number of aromatic nitrogens is 2. The molecule has 2 aromatic carbocycles. The highest BCUT2D eigenvalue weighted by molar-refractivity contribution is 5.74. The van der Waals surface area contributed by atoms with Crippen molar-refractivity contribution in [3.8, 4) is 0 Å². The molecule has 1 heterocycles. The van der Waals surface area contributed by atoms with E-state index in [1.54, 1.807) is 0 Å². The predicted octanol–water partition coefficient (Wildman–Crippen LogP) is 6.12. The minimum atomic E-state index is -0.423. The van der Waals surface area contributed by atoms with Crippen molar-refractivity contribution in [3.05, 3.63) is 66.0 Å². The van der Waals surface area contributed by atoms with E-state index in [4.69, 9.17) is 14.5 Å². The van der Waals surface area contributed by atoms with Gasteiger partial charge in [-0.25, -0.2) is 4.98 Å². The van der Waals surface area contributed by atoms with Gasteiger partial charge in [0, 0.05) is 32.4 Å². The van der Waals surface area contributed by atoms with Gasteiger partial charge in [0.2, 0.25) is 0 Å². The number of aromatic amines is 1. The molecule has 0 unspecified atom stereocenters. The molecule has 0 radical (unpaired) electrons. The van der Waals surface area contributed by atoms with Gasteiger partial charge in [-0.15, -0.1) is 0 Å². The summed E-state index contributed by atoms with van der Waals surface area (Å²) in [7, 11) is 4.03. The highest BCUT2D eigenvalue weighted by Gasteiger charge is 2.60. The Hall–Kier alpha value is -2.70. The maximum atomic E-state index is 13.0. The van der Waals surface area contributed by atoms with Crippen molar-refractivity contribution >= 4 is 17.0 Å². The molecule has 6 rings (SSSR count). The Kier molecular flexibility index (Phi) is 7.92. The number of hydrogen-bond donors (Lipinski definition) is 1. The van der Waals surface area contributed by atoms with Gasteiger partial charge in [-0.05, 0) is 69.3 Å². The highest BCUT2D eigenvalue weighted by atomic mass is 16.6. The van der Waals surface area contributed by atoms with E-state index in [2.05, 4.69) is 53.3 Å². The maximum absolute atomic E-state index is 13.0. The molecule has 3 aliphatic rings. The number of H-pyrrole nitrogens is 1. The number of fused-ring (bicyclic) bond motifs is 4. The largest absolute Gasteiger partial charge is 0.459 e. The van der Waals surface area contributed by atoms with Gasteiger partial charge < -0.3 is 19.4 Å².